The molecule has 3 N–H and O–H groups in total. The van der Waals surface area contributed by atoms with Gasteiger partial charge in [-0.25, -0.2) is 9.59 Å². The van der Waals surface area contributed by atoms with Gasteiger partial charge in [0.05, 0.1) is 34.7 Å². The Bertz CT molecular complexity index is 1770. The van der Waals surface area contributed by atoms with Crippen molar-refractivity contribution in [2.24, 2.45) is 17.3 Å². The second-order valence-electron chi connectivity index (χ2n) is 14.3. The van der Waals surface area contributed by atoms with Crippen LogP contribution in [0.4, 0.5) is 0 Å². The molecule has 3 aliphatic rings. The van der Waals surface area contributed by atoms with E-state index in [1.165, 1.54) is 57.2 Å². The van der Waals surface area contributed by atoms with Gasteiger partial charge in [0.1, 0.15) is 17.8 Å². The first-order chi connectivity index (χ1) is 24.3. The number of fused-ring (bicyclic) bond motifs is 2. The summed E-state index contributed by atoms with van der Waals surface area (Å²) in [6.07, 6.45) is -12.5. The maximum atomic E-state index is 14.8. The van der Waals surface area contributed by atoms with Crippen LogP contribution in [0.1, 0.15) is 62.3 Å². The number of rotatable bonds is 6. The number of ketones is 2. The van der Waals surface area contributed by atoms with Gasteiger partial charge < -0.3 is 39.0 Å². The largest absolute Gasteiger partial charge is 0.459 e. The highest BCUT2D eigenvalue weighted by atomic mass is 16.6. The van der Waals surface area contributed by atoms with E-state index in [1.807, 2.05) is 0 Å². The van der Waals surface area contributed by atoms with Crippen molar-refractivity contribution in [1.82, 2.24) is 0 Å². The summed E-state index contributed by atoms with van der Waals surface area (Å²) in [4.78, 5) is 81.5. The molecule has 0 radical (unpaired) electrons. The SMILES string of the molecule is C=C1[C@@H](OC(=O)c2ccccc2)[C@H]2[C@@H](OC(C)=O)[C@](C)(O)[C@H](OC(C)=O)[C@]2(O)C(=O)[C@@H](C)[C@@H]2O[C@H]2C(C)(C)C(=O)[C@H](O)[C@H]1OC(=O)c1ccccc1. The van der Waals surface area contributed by atoms with Crippen molar-refractivity contribution in [3.63, 3.8) is 0 Å². The molecule has 0 spiro atoms. The summed E-state index contributed by atoms with van der Waals surface area (Å²) in [5.74, 6) is -9.49. The van der Waals surface area contributed by atoms with Crippen LogP contribution in [0.15, 0.2) is 72.8 Å². The Morgan fingerprint density at radius 3 is 1.71 bits per heavy atom. The van der Waals surface area contributed by atoms with E-state index in [4.69, 9.17) is 23.7 Å². The first kappa shape index (κ1) is 38.5. The van der Waals surface area contributed by atoms with Crippen LogP contribution in [0.25, 0.3) is 0 Å². The molecule has 278 valence electrons. The van der Waals surface area contributed by atoms with Crippen LogP contribution in [-0.4, -0.2) is 105 Å². The molecule has 11 atom stereocenters. The smallest absolute Gasteiger partial charge is 0.338 e. The van der Waals surface area contributed by atoms with Crippen LogP contribution < -0.4 is 0 Å². The van der Waals surface area contributed by atoms with Gasteiger partial charge in [0.15, 0.2) is 35.5 Å². The number of Topliss-reactive ketones (excluding diaryl/α,β-unsaturated/α-hetero) is 2. The number of ether oxygens (including phenoxy) is 5. The van der Waals surface area contributed by atoms with Crippen LogP contribution >= 0.6 is 0 Å². The first-order valence-electron chi connectivity index (χ1n) is 16.7. The van der Waals surface area contributed by atoms with Crippen LogP contribution in [0.2, 0.25) is 0 Å². The maximum absolute atomic E-state index is 14.8. The van der Waals surface area contributed by atoms with Crippen molar-refractivity contribution in [2.75, 3.05) is 0 Å². The van der Waals surface area contributed by atoms with Crippen molar-refractivity contribution in [2.45, 2.75) is 95.5 Å². The number of carbonyl (C=O) groups is 6. The predicted molar refractivity (Wildman–Crippen MR) is 178 cm³/mol. The monoisotopic (exact) mass is 722 g/mol. The Hall–Kier alpha value is -4.76. The lowest BCUT2D eigenvalue weighted by Crippen LogP contribution is -2.62. The molecule has 14 heteroatoms. The highest BCUT2D eigenvalue weighted by Gasteiger charge is 2.76. The second kappa shape index (κ2) is 14.0. The third-order valence-electron chi connectivity index (χ3n) is 10.2. The average Bonchev–Trinajstić information content (AvgIpc) is 3.90. The third kappa shape index (κ3) is 6.67. The minimum absolute atomic E-state index is 0.000709. The third-order valence-corrected chi connectivity index (χ3v) is 10.2. The number of aliphatic hydroxyl groups excluding tert-OH is 1. The normalized spacial score (nSPS) is 35.5. The van der Waals surface area contributed by atoms with Crippen LogP contribution in [0, 0.1) is 17.3 Å². The number of hydrogen-bond acceptors (Lipinski definition) is 14. The topological polar surface area (TPSA) is 213 Å². The molecule has 1 aliphatic heterocycles. The first-order valence-corrected chi connectivity index (χ1v) is 16.7. The molecule has 5 rings (SSSR count). The standard InChI is InChI=1S/C38H42O14/c1-18-26(51-33(44)22-14-10-8-11-15-22)24-31(48-20(3)39)37(7,46)35(49-21(4)40)38(24,47)29(42)19(2)28-32(50-28)36(5,6)30(43)25(41)27(18)52-34(45)23-16-12-9-13-17-23/h8-17,19,24-28,31-32,35,41,46-47H,1H2,2-7H3/t19-,24-,25+,26+,27-,28-,31+,32+,35-,37-,38+/m0/s1. The Kier molecular flexibility index (Phi) is 10.4. The van der Waals surface area contributed by atoms with Gasteiger partial charge in [-0.2, -0.15) is 0 Å². The van der Waals surface area contributed by atoms with E-state index in [1.54, 1.807) is 24.3 Å². The minimum Gasteiger partial charge on any atom is -0.459 e. The molecule has 2 aliphatic carbocycles. The molecule has 0 amide bonds. The highest BCUT2D eigenvalue weighted by molar-refractivity contribution is 5.95. The van der Waals surface area contributed by atoms with E-state index in [2.05, 4.69) is 6.58 Å². The number of hydrogen-bond donors (Lipinski definition) is 3. The molecule has 1 heterocycles. The highest BCUT2D eigenvalue weighted by Crippen LogP contribution is 2.54. The van der Waals surface area contributed by atoms with Gasteiger partial charge in [-0.15, -0.1) is 0 Å². The molecule has 0 bridgehead atoms. The number of carbonyl (C=O) groups excluding carboxylic acids is 6. The van der Waals surface area contributed by atoms with Crippen LogP contribution in [0.3, 0.4) is 0 Å². The van der Waals surface area contributed by atoms with Crippen molar-refractivity contribution < 1.29 is 67.8 Å². The number of esters is 4. The number of epoxide rings is 1. The fourth-order valence-corrected chi connectivity index (χ4v) is 7.45. The van der Waals surface area contributed by atoms with E-state index >= 15 is 0 Å². The summed E-state index contributed by atoms with van der Waals surface area (Å²) >= 11 is 0. The lowest BCUT2D eigenvalue weighted by Gasteiger charge is -2.41. The predicted octanol–water partition coefficient (Wildman–Crippen LogP) is 1.91. The molecular formula is C38H42O14. The summed E-state index contributed by atoms with van der Waals surface area (Å²) < 4.78 is 28.6. The fraction of sp³-hybridized carbons (Fsp3) is 0.474. The Morgan fingerprint density at radius 1 is 0.750 bits per heavy atom. The van der Waals surface area contributed by atoms with E-state index in [0.29, 0.717) is 0 Å². The minimum atomic E-state index is -3.04. The molecule has 2 saturated carbocycles. The fourth-order valence-electron chi connectivity index (χ4n) is 7.45. The zero-order valence-electron chi connectivity index (χ0n) is 29.5. The quantitative estimate of drug-likeness (QED) is 0.168. The zero-order chi connectivity index (χ0) is 38.5. The van der Waals surface area contributed by atoms with Crippen molar-refractivity contribution in [3.05, 3.63) is 83.9 Å². The van der Waals surface area contributed by atoms with Gasteiger partial charge in [0, 0.05) is 25.3 Å². The van der Waals surface area contributed by atoms with E-state index in [9.17, 15) is 44.1 Å². The Morgan fingerprint density at radius 2 is 1.23 bits per heavy atom. The van der Waals surface area contributed by atoms with Gasteiger partial charge in [-0.1, -0.05) is 63.7 Å². The molecule has 3 fully saturated rings. The lowest BCUT2D eigenvalue weighted by molar-refractivity contribution is -0.193. The lowest BCUT2D eigenvalue weighted by atomic mass is 9.70. The van der Waals surface area contributed by atoms with Gasteiger partial charge in [0.25, 0.3) is 0 Å². The summed E-state index contributed by atoms with van der Waals surface area (Å²) in [5.41, 5.74) is -7.72. The van der Waals surface area contributed by atoms with Crippen LogP contribution in [0.5, 0.6) is 0 Å². The number of aliphatic hydroxyl groups is 3. The summed E-state index contributed by atoms with van der Waals surface area (Å²) in [7, 11) is 0. The summed E-state index contributed by atoms with van der Waals surface area (Å²) in [6, 6.07) is 15.0. The molecule has 0 unspecified atom stereocenters. The van der Waals surface area contributed by atoms with E-state index in [-0.39, 0.29) is 11.1 Å². The number of benzene rings is 2. The van der Waals surface area contributed by atoms with Crippen LogP contribution in [-0.2, 0) is 42.9 Å². The molecule has 14 nitrogen and oxygen atoms in total. The van der Waals surface area contributed by atoms with E-state index in [0.717, 1.165) is 20.8 Å². The zero-order valence-corrected chi connectivity index (χ0v) is 29.5. The van der Waals surface area contributed by atoms with Crippen molar-refractivity contribution in [1.29, 1.82) is 0 Å². The molecule has 0 aromatic heterocycles. The molecule has 52 heavy (non-hydrogen) atoms. The van der Waals surface area contributed by atoms with E-state index < -0.39 is 112 Å². The van der Waals surface area contributed by atoms with Gasteiger partial charge in [-0.3, -0.25) is 19.2 Å². The van der Waals surface area contributed by atoms with Crippen molar-refractivity contribution >= 4 is 35.4 Å². The average molecular weight is 723 g/mol. The second-order valence-corrected chi connectivity index (χ2v) is 14.3. The van der Waals surface area contributed by atoms with Gasteiger partial charge in [0.2, 0.25) is 0 Å². The van der Waals surface area contributed by atoms with Crippen molar-refractivity contribution in [3.8, 4) is 0 Å². The molecule has 1 saturated heterocycles. The Balaban J connectivity index is 1.80. The maximum Gasteiger partial charge on any atom is 0.338 e. The van der Waals surface area contributed by atoms with Gasteiger partial charge in [-0.05, 0) is 31.2 Å². The molecule has 2 aromatic carbocycles. The van der Waals surface area contributed by atoms with Gasteiger partial charge >= 0.3 is 23.9 Å². The molecular weight excluding hydrogens is 680 g/mol. The Labute approximate surface area is 299 Å². The summed E-state index contributed by atoms with van der Waals surface area (Å²) in [5, 5.41) is 36.7. The molecule has 2 aromatic rings. The summed E-state index contributed by atoms with van der Waals surface area (Å²) in [6.45, 7) is 11.3.